The zero-order valence-electron chi connectivity index (χ0n) is 12.0. The summed E-state index contributed by atoms with van der Waals surface area (Å²) < 4.78 is 29.2. The molecule has 3 rings (SSSR count). The average molecular weight is 333 g/mol. The van der Waals surface area contributed by atoms with E-state index in [9.17, 15) is 8.42 Å². The Labute approximate surface area is 134 Å². The van der Waals surface area contributed by atoms with E-state index in [1.54, 1.807) is 23.9 Å². The first-order chi connectivity index (χ1) is 10.6. The van der Waals surface area contributed by atoms with E-state index in [0.717, 1.165) is 21.8 Å². The highest BCUT2D eigenvalue weighted by molar-refractivity contribution is 7.99. The molecule has 0 spiro atoms. The number of hydrogen-bond donors (Lipinski definition) is 0. The number of aryl methyl sites for hydroxylation is 1. The lowest BCUT2D eigenvalue weighted by molar-refractivity contribution is 0.338. The Morgan fingerprint density at radius 3 is 2.59 bits per heavy atom. The maximum Gasteiger partial charge on any atom is 0.358 e. The summed E-state index contributed by atoms with van der Waals surface area (Å²) in [5, 5.41) is 3.91. The van der Waals surface area contributed by atoms with Crippen molar-refractivity contribution >= 4 is 27.6 Å². The molecule has 6 heteroatoms. The van der Waals surface area contributed by atoms with Gasteiger partial charge in [-0.15, -0.1) is 11.8 Å². The molecular formula is C16H15NO3S2. The van der Waals surface area contributed by atoms with Gasteiger partial charge in [0.05, 0.1) is 5.71 Å². The first-order valence-electron chi connectivity index (χ1n) is 6.86. The molecule has 1 aliphatic heterocycles. The number of hydrogen-bond acceptors (Lipinski definition) is 5. The maximum absolute atomic E-state index is 12.2. The first-order valence-corrected chi connectivity index (χ1v) is 9.25. The highest BCUT2D eigenvalue weighted by Gasteiger charge is 2.19. The molecule has 0 fully saturated rings. The Bertz CT molecular complexity index is 812. The Balaban J connectivity index is 1.87. The van der Waals surface area contributed by atoms with Gasteiger partial charge in [-0.25, -0.2) is 0 Å². The van der Waals surface area contributed by atoms with E-state index < -0.39 is 10.1 Å². The van der Waals surface area contributed by atoms with Gasteiger partial charge in [0.1, 0.15) is 4.90 Å². The summed E-state index contributed by atoms with van der Waals surface area (Å²) in [6.07, 6.45) is 0.686. The number of benzene rings is 2. The van der Waals surface area contributed by atoms with Gasteiger partial charge in [0.2, 0.25) is 0 Å². The van der Waals surface area contributed by atoms with Crippen LogP contribution < -0.4 is 0 Å². The maximum atomic E-state index is 12.2. The molecule has 114 valence electrons. The molecule has 2 aromatic carbocycles. The van der Waals surface area contributed by atoms with E-state index >= 15 is 0 Å². The molecule has 0 atom stereocenters. The minimum Gasteiger partial charge on any atom is -0.264 e. The van der Waals surface area contributed by atoms with Crippen molar-refractivity contribution in [1.82, 2.24) is 0 Å². The SMILES string of the molecule is Cc1ccc(S(=O)(=O)ON=C2CCSc3ccccc32)cc1. The van der Waals surface area contributed by atoms with E-state index in [2.05, 4.69) is 5.16 Å². The quantitative estimate of drug-likeness (QED) is 0.805. The molecule has 0 aliphatic carbocycles. The second kappa shape index (κ2) is 6.14. The summed E-state index contributed by atoms with van der Waals surface area (Å²) in [6.45, 7) is 1.90. The molecule has 0 saturated carbocycles. The fourth-order valence-electron chi connectivity index (χ4n) is 2.16. The number of rotatable bonds is 3. The number of fused-ring (bicyclic) bond motifs is 1. The summed E-state index contributed by atoms with van der Waals surface area (Å²) in [7, 11) is -3.87. The van der Waals surface area contributed by atoms with Crippen LogP contribution in [0.1, 0.15) is 17.5 Å². The van der Waals surface area contributed by atoms with E-state index in [1.807, 2.05) is 31.2 Å². The van der Waals surface area contributed by atoms with Crippen LogP contribution >= 0.6 is 11.8 Å². The Hall–Kier alpha value is -1.79. The highest BCUT2D eigenvalue weighted by atomic mass is 32.2. The van der Waals surface area contributed by atoms with Gasteiger partial charge in [0.25, 0.3) is 0 Å². The van der Waals surface area contributed by atoms with E-state index in [4.69, 9.17) is 4.28 Å². The standard InChI is InChI=1S/C16H15NO3S2/c1-12-6-8-13(9-7-12)22(18,19)20-17-15-10-11-21-16-5-3-2-4-14(15)16/h2-9H,10-11H2,1H3. The Morgan fingerprint density at radius 1 is 1.09 bits per heavy atom. The summed E-state index contributed by atoms with van der Waals surface area (Å²) in [5.74, 6) is 0.865. The third kappa shape index (κ3) is 3.18. The van der Waals surface area contributed by atoms with E-state index in [0.29, 0.717) is 12.1 Å². The molecule has 0 unspecified atom stereocenters. The molecule has 1 aliphatic rings. The van der Waals surface area contributed by atoms with Gasteiger partial charge in [-0.1, -0.05) is 41.1 Å². The molecule has 22 heavy (non-hydrogen) atoms. The monoisotopic (exact) mass is 333 g/mol. The fraction of sp³-hybridized carbons (Fsp3) is 0.188. The van der Waals surface area contributed by atoms with Gasteiger partial charge >= 0.3 is 10.1 Å². The summed E-state index contributed by atoms with van der Waals surface area (Å²) in [4.78, 5) is 1.21. The zero-order valence-corrected chi connectivity index (χ0v) is 13.7. The largest absolute Gasteiger partial charge is 0.358 e. The van der Waals surface area contributed by atoms with Gasteiger partial charge in [-0.2, -0.15) is 8.42 Å². The fourth-order valence-corrected chi connectivity index (χ4v) is 3.94. The average Bonchev–Trinajstić information content (AvgIpc) is 2.53. The first kappa shape index (κ1) is 15.1. The van der Waals surface area contributed by atoms with E-state index in [1.165, 1.54) is 12.1 Å². The second-order valence-corrected chi connectivity index (χ2v) is 7.64. The van der Waals surface area contributed by atoms with Crippen molar-refractivity contribution < 1.29 is 12.7 Å². The van der Waals surface area contributed by atoms with Crippen LogP contribution in [0.25, 0.3) is 0 Å². The van der Waals surface area contributed by atoms with Gasteiger partial charge < -0.3 is 0 Å². The smallest absolute Gasteiger partial charge is 0.264 e. The van der Waals surface area contributed by atoms with Crippen LogP contribution in [0.2, 0.25) is 0 Å². The van der Waals surface area contributed by atoms with Gasteiger partial charge in [0, 0.05) is 22.6 Å². The van der Waals surface area contributed by atoms with Crippen LogP contribution in [-0.2, 0) is 14.4 Å². The molecule has 1 heterocycles. The van der Waals surface area contributed by atoms with Crippen molar-refractivity contribution in [2.45, 2.75) is 23.1 Å². The van der Waals surface area contributed by atoms with Crippen LogP contribution in [0.4, 0.5) is 0 Å². The zero-order chi connectivity index (χ0) is 15.6. The third-order valence-electron chi connectivity index (χ3n) is 3.35. The molecule has 4 nitrogen and oxygen atoms in total. The van der Waals surface area contributed by atoms with Gasteiger partial charge in [0.15, 0.2) is 0 Å². The van der Waals surface area contributed by atoms with Crippen molar-refractivity contribution in [3.05, 3.63) is 59.7 Å². The second-order valence-electron chi connectivity index (χ2n) is 4.97. The summed E-state index contributed by atoms with van der Waals surface area (Å²) >= 11 is 1.74. The molecule has 0 amide bonds. The molecule has 0 aromatic heterocycles. The van der Waals surface area contributed by atoms with Crippen LogP contribution in [0, 0.1) is 6.92 Å². The molecule has 0 bridgehead atoms. The minimum absolute atomic E-state index is 0.112. The predicted molar refractivity (Wildman–Crippen MR) is 87.8 cm³/mol. The van der Waals surface area contributed by atoms with Crippen molar-refractivity contribution in [3.63, 3.8) is 0 Å². The van der Waals surface area contributed by atoms with E-state index in [-0.39, 0.29) is 4.90 Å². The normalized spacial score (nSPS) is 16.3. The minimum atomic E-state index is -3.87. The third-order valence-corrected chi connectivity index (χ3v) is 5.55. The topological polar surface area (TPSA) is 55.7 Å². The van der Waals surface area contributed by atoms with Gasteiger partial charge in [-0.05, 0) is 25.1 Å². The Morgan fingerprint density at radius 2 is 1.82 bits per heavy atom. The van der Waals surface area contributed by atoms with Crippen molar-refractivity contribution in [1.29, 1.82) is 0 Å². The number of oxime groups is 1. The Kier molecular flexibility index (Phi) is 4.22. The molecule has 0 saturated heterocycles. The molecular weight excluding hydrogens is 318 g/mol. The lowest BCUT2D eigenvalue weighted by Gasteiger charge is -2.16. The van der Waals surface area contributed by atoms with Crippen LogP contribution in [0.15, 0.2) is 63.5 Å². The molecule has 2 aromatic rings. The molecule has 0 N–H and O–H groups in total. The van der Waals surface area contributed by atoms with Gasteiger partial charge in [-0.3, -0.25) is 4.28 Å². The lowest BCUT2D eigenvalue weighted by atomic mass is 10.1. The summed E-state index contributed by atoms with van der Waals surface area (Å²) in [6, 6.07) is 14.3. The highest BCUT2D eigenvalue weighted by Crippen LogP contribution is 2.30. The number of nitrogens with zero attached hydrogens (tertiary/aromatic N) is 1. The van der Waals surface area contributed by atoms with Crippen LogP contribution in [0.5, 0.6) is 0 Å². The van der Waals surface area contributed by atoms with Crippen LogP contribution in [-0.4, -0.2) is 19.9 Å². The van der Waals surface area contributed by atoms with Crippen molar-refractivity contribution in [2.75, 3.05) is 5.75 Å². The predicted octanol–water partition coefficient (Wildman–Crippen LogP) is 3.60. The molecule has 0 radical (unpaired) electrons. The lowest BCUT2D eigenvalue weighted by Crippen LogP contribution is -2.12. The van der Waals surface area contributed by atoms with Crippen molar-refractivity contribution in [3.8, 4) is 0 Å². The van der Waals surface area contributed by atoms with Crippen LogP contribution in [0.3, 0.4) is 0 Å². The number of thioether (sulfide) groups is 1. The summed E-state index contributed by atoms with van der Waals surface area (Å²) in [5.41, 5.74) is 2.60. The van der Waals surface area contributed by atoms with Crippen molar-refractivity contribution in [2.24, 2.45) is 5.16 Å².